The summed E-state index contributed by atoms with van der Waals surface area (Å²) in [5, 5.41) is 9.61. The molecule has 1 aromatic carbocycles. The van der Waals surface area contributed by atoms with Gasteiger partial charge in [0.05, 0.1) is 6.20 Å². The Hall–Kier alpha value is -2.41. The third-order valence-electron chi connectivity index (χ3n) is 2.22. The van der Waals surface area contributed by atoms with Gasteiger partial charge in [-0.05, 0) is 12.1 Å². The van der Waals surface area contributed by atoms with Crippen molar-refractivity contribution >= 4 is 22.1 Å². The van der Waals surface area contributed by atoms with Crippen LogP contribution in [-0.4, -0.2) is 9.97 Å². The van der Waals surface area contributed by atoms with Crippen molar-refractivity contribution < 1.29 is 4.42 Å². The number of hydrogen-bond acceptors (Lipinski definition) is 4. The van der Waals surface area contributed by atoms with Crippen LogP contribution in [0.1, 0.15) is 5.82 Å². The Morgan fingerprint density at radius 2 is 2.07 bits per heavy atom. The van der Waals surface area contributed by atoms with Gasteiger partial charge < -0.3 is 4.42 Å². The van der Waals surface area contributed by atoms with E-state index in [0.717, 1.165) is 11.0 Å². The van der Waals surface area contributed by atoms with Gasteiger partial charge in [0.15, 0.2) is 5.58 Å². The highest BCUT2D eigenvalue weighted by Crippen LogP contribution is 2.25. The lowest BCUT2D eigenvalue weighted by molar-refractivity contribution is 0.665. The lowest BCUT2D eigenvalue weighted by Gasteiger charge is -1.87. The molecule has 0 aliphatic carbocycles. The van der Waals surface area contributed by atoms with E-state index < -0.39 is 0 Å². The lowest BCUT2D eigenvalue weighted by atomic mass is 10.2. The molecule has 0 bridgehead atoms. The maximum atomic E-state index is 8.70. The van der Waals surface area contributed by atoms with Crippen molar-refractivity contribution in [2.45, 2.75) is 0 Å². The van der Waals surface area contributed by atoms with Crippen LogP contribution >= 0.6 is 0 Å². The number of benzene rings is 1. The number of hydrogen-bond donors (Lipinski definition) is 0. The molecule has 0 amide bonds. The quantitative estimate of drug-likeness (QED) is 0.551. The van der Waals surface area contributed by atoms with Crippen LogP contribution in [0.3, 0.4) is 0 Å². The van der Waals surface area contributed by atoms with Crippen molar-refractivity contribution in [2.75, 3.05) is 0 Å². The van der Waals surface area contributed by atoms with Gasteiger partial charge in [-0.1, -0.05) is 12.1 Å². The molecule has 0 saturated heterocycles. The van der Waals surface area contributed by atoms with E-state index in [9.17, 15) is 0 Å². The maximum Gasteiger partial charge on any atom is 0.232 e. The number of rotatable bonds is 0. The van der Waals surface area contributed by atoms with Crippen molar-refractivity contribution in [3.63, 3.8) is 0 Å². The molecule has 4 nitrogen and oxygen atoms in total. The summed E-state index contributed by atoms with van der Waals surface area (Å²) in [7, 11) is 0. The van der Waals surface area contributed by atoms with Crippen LogP contribution in [0.2, 0.25) is 0 Å². The summed E-state index contributed by atoms with van der Waals surface area (Å²) >= 11 is 0. The number of para-hydroxylation sites is 1. The predicted molar refractivity (Wildman–Crippen MR) is 54.0 cm³/mol. The van der Waals surface area contributed by atoms with Gasteiger partial charge in [-0.2, -0.15) is 5.26 Å². The van der Waals surface area contributed by atoms with Crippen LogP contribution in [0.4, 0.5) is 0 Å². The van der Waals surface area contributed by atoms with Crippen LogP contribution in [0.15, 0.2) is 34.9 Å². The number of fused-ring (bicyclic) bond motifs is 3. The minimum atomic E-state index is 0.161. The van der Waals surface area contributed by atoms with Crippen LogP contribution in [-0.2, 0) is 0 Å². The highest BCUT2D eigenvalue weighted by molar-refractivity contribution is 6.01. The third-order valence-corrected chi connectivity index (χ3v) is 2.22. The summed E-state index contributed by atoms with van der Waals surface area (Å²) in [6.45, 7) is 0. The molecule has 0 saturated carbocycles. The molecule has 4 heteroatoms. The molecule has 70 valence electrons. The summed E-state index contributed by atoms with van der Waals surface area (Å²) in [4.78, 5) is 7.97. The van der Waals surface area contributed by atoms with Gasteiger partial charge >= 0.3 is 0 Å². The molecule has 0 unspecified atom stereocenters. The Morgan fingerprint density at radius 3 is 2.93 bits per heavy atom. The molecule has 3 aromatic rings. The van der Waals surface area contributed by atoms with E-state index >= 15 is 0 Å². The van der Waals surface area contributed by atoms with E-state index in [4.69, 9.17) is 9.68 Å². The van der Waals surface area contributed by atoms with E-state index in [-0.39, 0.29) is 5.82 Å². The smallest absolute Gasteiger partial charge is 0.232 e. The zero-order valence-electron chi connectivity index (χ0n) is 7.64. The Morgan fingerprint density at radius 1 is 1.20 bits per heavy atom. The molecule has 0 radical (unpaired) electrons. The van der Waals surface area contributed by atoms with E-state index in [1.165, 1.54) is 6.20 Å². The molecular weight excluding hydrogens is 190 g/mol. The number of nitrogens with zero attached hydrogens (tertiary/aromatic N) is 3. The van der Waals surface area contributed by atoms with Gasteiger partial charge in [0, 0.05) is 5.39 Å². The molecular formula is C11H5N3O. The molecule has 0 aliphatic rings. The van der Waals surface area contributed by atoms with E-state index in [2.05, 4.69) is 9.97 Å². The van der Waals surface area contributed by atoms with Crippen molar-refractivity contribution in [3.05, 3.63) is 36.3 Å². The van der Waals surface area contributed by atoms with Gasteiger partial charge in [0.1, 0.15) is 17.2 Å². The fraction of sp³-hybridized carbons (Fsp3) is 0. The van der Waals surface area contributed by atoms with Gasteiger partial charge in [0.25, 0.3) is 0 Å². The Balaban J connectivity index is 2.53. The highest BCUT2D eigenvalue weighted by Gasteiger charge is 2.08. The molecule has 3 rings (SSSR count). The molecule has 0 N–H and O–H groups in total. The van der Waals surface area contributed by atoms with Crippen molar-refractivity contribution in [2.24, 2.45) is 0 Å². The summed E-state index contributed by atoms with van der Waals surface area (Å²) < 4.78 is 5.52. The Bertz CT molecular complexity index is 694. The SMILES string of the molecule is N#Cc1ncc2oc3ccccc3c2n1. The predicted octanol–water partition coefficient (Wildman–Crippen LogP) is 2.25. The third kappa shape index (κ3) is 1.07. The summed E-state index contributed by atoms with van der Waals surface area (Å²) in [5.74, 6) is 0.161. The van der Waals surface area contributed by atoms with Gasteiger partial charge in [-0.25, -0.2) is 9.97 Å². The standard InChI is InChI=1S/C11H5N3O/c12-5-10-13-6-9-11(14-10)7-3-1-2-4-8(7)15-9/h1-4,6H. The number of nitriles is 1. The topological polar surface area (TPSA) is 62.7 Å². The molecule has 2 aromatic heterocycles. The van der Waals surface area contributed by atoms with Crippen molar-refractivity contribution in [3.8, 4) is 6.07 Å². The Labute approximate surface area is 84.8 Å². The Kier molecular flexibility index (Phi) is 1.48. The highest BCUT2D eigenvalue weighted by atomic mass is 16.3. The largest absolute Gasteiger partial charge is 0.453 e. The van der Waals surface area contributed by atoms with E-state index in [1.54, 1.807) is 0 Å². The first-order valence-electron chi connectivity index (χ1n) is 4.43. The first-order valence-corrected chi connectivity index (χ1v) is 4.43. The van der Waals surface area contributed by atoms with E-state index in [0.29, 0.717) is 11.1 Å². The number of furan rings is 1. The minimum absolute atomic E-state index is 0.161. The normalized spacial score (nSPS) is 10.6. The minimum Gasteiger partial charge on any atom is -0.453 e. The van der Waals surface area contributed by atoms with Gasteiger partial charge in [-0.15, -0.1) is 0 Å². The van der Waals surface area contributed by atoms with Crippen molar-refractivity contribution in [1.29, 1.82) is 5.26 Å². The van der Waals surface area contributed by atoms with Gasteiger partial charge in [-0.3, -0.25) is 0 Å². The summed E-state index contributed by atoms with van der Waals surface area (Å²) in [6, 6.07) is 9.49. The molecule has 2 heterocycles. The zero-order chi connectivity index (χ0) is 10.3. The average molecular weight is 195 g/mol. The zero-order valence-corrected chi connectivity index (χ0v) is 7.64. The number of aromatic nitrogens is 2. The monoisotopic (exact) mass is 195 g/mol. The molecule has 0 aliphatic heterocycles. The average Bonchev–Trinajstić information content (AvgIpc) is 2.66. The molecule has 0 fully saturated rings. The second-order valence-electron chi connectivity index (χ2n) is 3.12. The fourth-order valence-corrected chi connectivity index (χ4v) is 1.56. The second-order valence-corrected chi connectivity index (χ2v) is 3.12. The molecule has 0 spiro atoms. The lowest BCUT2D eigenvalue weighted by Crippen LogP contribution is -1.86. The molecule has 0 atom stereocenters. The van der Waals surface area contributed by atoms with E-state index in [1.807, 2.05) is 30.3 Å². The van der Waals surface area contributed by atoms with Crippen LogP contribution in [0, 0.1) is 11.3 Å². The van der Waals surface area contributed by atoms with Crippen LogP contribution in [0.5, 0.6) is 0 Å². The first-order chi connectivity index (χ1) is 7.38. The van der Waals surface area contributed by atoms with Crippen molar-refractivity contribution in [1.82, 2.24) is 9.97 Å². The second kappa shape index (κ2) is 2.79. The summed E-state index contributed by atoms with van der Waals surface area (Å²) in [5.41, 5.74) is 2.06. The van der Waals surface area contributed by atoms with Gasteiger partial charge in [0.2, 0.25) is 5.82 Å². The van der Waals surface area contributed by atoms with Crippen LogP contribution < -0.4 is 0 Å². The summed E-state index contributed by atoms with van der Waals surface area (Å²) in [6.07, 6.45) is 1.53. The molecule has 15 heavy (non-hydrogen) atoms. The fourth-order valence-electron chi connectivity index (χ4n) is 1.56. The maximum absolute atomic E-state index is 8.70. The first kappa shape index (κ1) is 7.94. The van der Waals surface area contributed by atoms with Crippen LogP contribution in [0.25, 0.3) is 22.1 Å².